The number of aliphatic hydroxyl groups is 1. The average Bonchev–Trinajstić information content (AvgIpc) is 2.44. The highest BCUT2D eigenvalue weighted by molar-refractivity contribution is 6.30. The largest absolute Gasteiger partial charge is 0.396 e. The first-order valence-electron chi connectivity index (χ1n) is 8.02. The molecule has 0 heterocycles. The smallest absolute Gasteiger partial charge is 0.0443 e. The minimum Gasteiger partial charge on any atom is -0.396 e. The molecule has 1 fully saturated rings. The summed E-state index contributed by atoms with van der Waals surface area (Å²) in [6, 6.07) is 9.21. The number of hydrogen-bond donors (Lipinski definition) is 2. The zero-order chi connectivity index (χ0) is 15.1. The molecule has 2 N–H and O–H groups in total. The Hall–Kier alpha value is -0.610. The van der Waals surface area contributed by atoms with Crippen LogP contribution in [0.2, 0.25) is 5.02 Å². The molecular weight excluding hydrogens is 284 g/mol. The van der Waals surface area contributed by atoms with Crippen LogP contribution in [0.1, 0.15) is 43.7 Å². The van der Waals surface area contributed by atoms with Gasteiger partial charge in [0.1, 0.15) is 0 Å². The van der Waals surface area contributed by atoms with Gasteiger partial charge in [0.2, 0.25) is 0 Å². The number of aliphatic hydroxyl groups excluding tert-OH is 1. The number of rotatable bonds is 9. The minimum atomic E-state index is 0.288. The molecule has 0 aromatic heterocycles. The number of nitrogens with zero attached hydrogens (tertiary/aromatic N) is 1. The van der Waals surface area contributed by atoms with Crippen LogP contribution in [0.3, 0.4) is 0 Å². The third-order valence-corrected chi connectivity index (χ3v) is 4.77. The number of halogens is 1. The lowest BCUT2D eigenvalue weighted by Crippen LogP contribution is -2.42. The van der Waals surface area contributed by atoms with E-state index in [1.807, 2.05) is 19.2 Å². The van der Waals surface area contributed by atoms with Crippen molar-refractivity contribution in [2.45, 2.75) is 44.2 Å². The third-order valence-electron chi connectivity index (χ3n) is 4.52. The maximum Gasteiger partial charge on any atom is 0.0443 e. The number of hydrogen-bond acceptors (Lipinski definition) is 3. The summed E-state index contributed by atoms with van der Waals surface area (Å²) in [5.41, 5.74) is 1.29. The van der Waals surface area contributed by atoms with Gasteiger partial charge >= 0.3 is 0 Å². The molecule has 2 rings (SSSR count). The second-order valence-electron chi connectivity index (χ2n) is 5.88. The van der Waals surface area contributed by atoms with Crippen molar-refractivity contribution >= 4 is 11.6 Å². The average molecular weight is 311 g/mol. The molecule has 1 unspecified atom stereocenters. The van der Waals surface area contributed by atoms with Crippen LogP contribution in [0.5, 0.6) is 0 Å². The summed E-state index contributed by atoms with van der Waals surface area (Å²) in [5.74, 6) is 0. The van der Waals surface area contributed by atoms with Gasteiger partial charge in [-0.15, -0.1) is 0 Å². The van der Waals surface area contributed by atoms with Gasteiger partial charge in [-0.3, -0.25) is 0 Å². The molecule has 0 spiro atoms. The van der Waals surface area contributed by atoms with Crippen molar-refractivity contribution in [3.8, 4) is 0 Å². The number of nitrogens with one attached hydrogen (secondary N) is 1. The van der Waals surface area contributed by atoms with E-state index in [1.165, 1.54) is 24.8 Å². The SMILES string of the molecule is CNC(CCN(CCCO)C1CCC1)c1ccc(Cl)cc1. The molecule has 1 atom stereocenters. The first-order valence-corrected chi connectivity index (χ1v) is 8.40. The molecule has 1 saturated carbocycles. The van der Waals surface area contributed by atoms with Crippen LogP contribution >= 0.6 is 11.6 Å². The summed E-state index contributed by atoms with van der Waals surface area (Å²) in [7, 11) is 2.01. The summed E-state index contributed by atoms with van der Waals surface area (Å²) in [4.78, 5) is 2.56. The quantitative estimate of drug-likeness (QED) is 0.735. The topological polar surface area (TPSA) is 35.5 Å². The lowest BCUT2D eigenvalue weighted by molar-refractivity contribution is 0.112. The molecule has 3 nitrogen and oxygen atoms in total. The van der Waals surface area contributed by atoms with Crippen LogP contribution in [-0.4, -0.2) is 42.8 Å². The summed E-state index contributed by atoms with van der Waals surface area (Å²) in [5, 5.41) is 13.3. The van der Waals surface area contributed by atoms with Crippen molar-refractivity contribution in [2.75, 3.05) is 26.7 Å². The van der Waals surface area contributed by atoms with Crippen LogP contribution in [0, 0.1) is 0 Å². The fourth-order valence-corrected chi connectivity index (χ4v) is 3.10. The molecule has 0 amide bonds. The van der Waals surface area contributed by atoms with Gasteiger partial charge < -0.3 is 15.3 Å². The van der Waals surface area contributed by atoms with Crippen LogP contribution in [-0.2, 0) is 0 Å². The summed E-state index contributed by atoms with van der Waals surface area (Å²) in [6.07, 6.45) is 5.95. The summed E-state index contributed by atoms with van der Waals surface area (Å²) >= 11 is 5.96. The van der Waals surface area contributed by atoms with Gasteiger partial charge in [0.25, 0.3) is 0 Å². The molecule has 1 aliphatic rings. The first kappa shape index (κ1) is 16.8. The summed E-state index contributed by atoms with van der Waals surface area (Å²) < 4.78 is 0. The van der Waals surface area contributed by atoms with Crippen molar-refractivity contribution in [1.29, 1.82) is 0 Å². The minimum absolute atomic E-state index is 0.288. The van der Waals surface area contributed by atoms with Crippen molar-refractivity contribution in [3.63, 3.8) is 0 Å². The van der Waals surface area contributed by atoms with Gasteiger partial charge in [-0.1, -0.05) is 30.2 Å². The molecule has 1 aliphatic carbocycles. The lowest BCUT2D eigenvalue weighted by Gasteiger charge is -2.38. The van der Waals surface area contributed by atoms with Crippen LogP contribution < -0.4 is 5.32 Å². The fraction of sp³-hybridized carbons (Fsp3) is 0.647. The zero-order valence-electron chi connectivity index (χ0n) is 12.9. The highest BCUT2D eigenvalue weighted by Crippen LogP contribution is 2.26. The molecule has 0 saturated heterocycles. The Morgan fingerprint density at radius 3 is 2.52 bits per heavy atom. The monoisotopic (exact) mass is 310 g/mol. The summed E-state index contributed by atoms with van der Waals surface area (Å²) in [6.45, 7) is 2.38. The van der Waals surface area contributed by atoms with Crippen LogP contribution in [0.25, 0.3) is 0 Å². The van der Waals surface area contributed by atoms with E-state index in [9.17, 15) is 0 Å². The van der Waals surface area contributed by atoms with Crippen molar-refractivity contribution < 1.29 is 5.11 Å². The lowest BCUT2D eigenvalue weighted by atomic mass is 9.90. The Morgan fingerprint density at radius 1 is 1.29 bits per heavy atom. The highest BCUT2D eigenvalue weighted by atomic mass is 35.5. The molecule has 1 aromatic carbocycles. The molecule has 1 aromatic rings. The molecular formula is C17H27ClN2O. The predicted molar refractivity (Wildman–Crippen MR) is 88.8 cm³/mol. The van der Waals surface area contributed by atoms with Gasteiger partial charge in [0, 0.05) is 36.8 Å². The van der Waals surface area contributed by atoms with E-state index < -0.39 is 0 Å². The van der Waals surface area contributed by atoms with E-state index in [-0.39, 0.29) is 6.61 Å². The normalized spacial score (nSPS) is 17.0. The maximum atomic E-state index is 9.06. The Morgan fingerprint density at radius 2 is 2.00 bits per heavy atom. The van der Waals surface area contributed by atoms with Crippen molar-refractivity contribution in [3.05, 3.63) is 34.9 Å². The van der Waals surface area contributed by atoms with E-state index in [0.29, 0.717) is 6.04 Å². The standard InChI is InChI=1S/C17H27ClN2O/c1-19-17(14-6-8-15(18)9-7-14)10-12-20(11-3-13-21)16-4-2-5-16/h6-9,16-17,19,21H,2-5,10-13H2,1H3. The highest BCUT2D eigenvalue weighted by Gasteiger charge is 2.24. The van der Waals surface area contributed by atoms with E-state index in [4.69, 9.17) is 16.7 Å². The van der Waals surface area contributed by atoms with E-state index in [0.717, 1.165) is 37.0 Å². The maximum absolute atomic E-state index is 9.06. The fourth-order valence-electron chi connectivity index (χ4n) is 2.97. The van der Waals surface area contributed by atoms with Crippen LogP contribution in [0.15, 0.2) is 24.3 Å². The molecule has 0 aliphatic heterocycles. The predicted octanol–water partition coefficient (Wildman–Crippen LogP) is 3.23. The van der Waals surface area contributed by atoms with Crippen molar-refractivity contribution in [2.24, 2.45) is 0 Å². The van der Waals surface area contributed by atoms with E-state index in [1.54, 1.807) is 0 Å². The van der Waals surface area contributed by atoms with Gasteiger partial charge in [-0.05, 0) is 50.4 Å². The molecule has 0 bridgehead atoms. The van der Waals surface area contributed by atoms with Gasteiger partial charge in [0.15, 0.2) is 0 Å². The Labute approximate surface area is 133 Å². The first-order chi connectivity index (χ1) is 10.2. The van der Waals surface area contributed by atoms with Gasteiger partial charge in [0.05, 0.1) is 0 Å². The molecule has 0 radical (unpaired) electrons. The van der Waals surface area contributed by atoms with E-state index in [2.05, 4.69) is 22.3 Å². The third kappa shape index (κ3) is 4.96. The van der Waals surface area contributed by atoms with Gasteiger partial charge in [-0.25, -0.2) is 0 Å². The van der Waals surface area contributed by atoms with Gasteiger partial charge in [-0.2, -0.15) is 0 Å². The molecule has 21 heavy (non-hydrogen) atoms. The van der Waals surface area contributed by atoms with Crippen molar-refractivity contribution in [1.82, 2.24) is 10.2 Å². The molecule has 118 valence electrons. The number of benzene rings is 1. The van der Waals surface area contributed by atoms with Crippen LogP contribution in [0.4, 0.5) is 0 Å². The second-order valence-corrected chi connectivity index (χ2v) is 6.32. The molecule has 4 heteroatoms. The second kappa shape index (κ2) is 8.74. The Kier molecular flexibility index (Phi) is 6.97. The Balaban J connectivity index is 1.88. The zero-order valence-corrected chi connectivity index (χ0v) is 13.6. The van der Waals surface area contributed by atoms with E-state index >= 15 is 0 Å². The Bertz CT molecular complexity index is 406.